The zero-order valence-corrected chi connectivity index (χ0v) is 10.3. The molecule has 0 saturated carbocycles. The molecule has 1 rings (SSSR count). The monoisotopic (exact) mass is 236 g/mol. The van der Waals surface area contributed by atoms with Crippen molar-refractivity contribution in [2.24, 2.45) is 0 Å². The second kappa shape index (κ2) is 7.24. The summed E-state index contributed by atoms with van der Waals surface area (Å²) in [5.74, 6) is 0.198. The molecule has 1 aromatic rings. The van der Waals surface area contributed by atoms with E-state index in [2.05, 4.69) is 6.92 Å². The Bertz CT molecular complexity index is 352. The van der Waals surface area contributed by atoms with E-state index < -0.39 is 0 Å². The lowest BCUT2D eigenvalue weighted by atomic mass is 10.1. The number of benzene rings is 1. The maximum absolute atomic E-state index is 11.4. The van der Waals surface area contributed by atoms with Gasteiger partial charge in [0.05, 0.1) is 0 Å². The Morgan fingerprint density at radius 3 is 2.56 bits per heavy atom. The number of allylic oxidation sites excluding steroid dienone is 1. The van der Waals surface area contributed by atoms with Crippen molar-refractivity contribution in [2.75, 3.05) is 0 Å². The Morgan fingerprint density at radius 2 is 1.94 bits per heavy atom. The van der Waals surface area contributed by atoms with E-state index in [1.54, 1.807) is 6.08 Å². The molecule has 0 radical (unpaired) electrons. The molecule has 0 atom stereocenters. The maximum Gasteiger partial charge on any atom is 0.155 e. The number of hydrogen-bond donors (Lipinski definition) is 0. The highest BCUT2D eigenvalue weighted by Gasteiger charge is 1.96. The lowest BCUT2D eigenvalue weighted by Crippen LogP contribution is -1.91. The molecule has 16 heavy (non-hydrogen) atoms. The Morgan fingerprint density at radius 1 is 1.25 bits per heavy atom. The van der Waals surface area contributed by atoms with Gasteiger partial charge in [0.25, 0.3) is 0 Å². The van der Waals surface area contributed by atoms with Crippen LogP contribution in [-0.4, -0.2) is 5.78 Å². The van der Waals surface area contributed by atoms with Crippen molar-refractivity contribution in [1.82, 2.24) is 0 Å². The van der Waals surface area contributed by atoms with Gasteiger partial charge in [-0.3, -0.25) is 4.79 Å². The van der Waals surface area contributed by atoms with Gasteiger partial charge < -0.3 is 0 Å². The van der Waals surface area contributed by atoms with Crippen molar-refractivity contribution in [3.05, 3.63) is 40.9 Å². The van der Waals surface area contributed by atoms with Gasteiger partial charge in [-0.25, -0.2) is 0 Å². The lowest BCUT2D eigenvalue weighted by molar-refractivity contribution is -0.114. The first-order valence-electron chi connectivity index (χ1n) is 5.69. The van der Waals surface area contributed by atoms with Crippen LogP contribution in [0.4, 0.5) is 0 Å². The summed E-state index contributed by atoms with van der Waals surface area (Å²) >= 11 is 5.77. The first kappa shape index (κ1) is 13.0. The fourth-order valence-corrected chi connectivity index (χ4v) is 1.52. The average molecular weight is 237 g/mol. The first-order valence-corrected chi connectivity index (χ1v) is 6.06. The molecule has 0 aliphatic rings. The number of rotatable bonds is 6. The highest BCUT2D eigenvalue weighted by atomic mass is 35.5. The van der Waals surface area contributed by atoms with E-state index in [1.165, 1.54) is 0 Å². The fourth-order valence-electron chi connectivity index (χ4n) is 1.40. The van der Waals surface area contributed by atoms with Gasteiger partial charge >= 0.3 is 0 Å². The molecule has 0 saturated heterocycles. The number of ketones is 1. The Hall–Kier alpha value is -1.08. The van der Waals surface area contributed by atoms with E-state index in [4.69, 9.17) is 11.6 Å². The molecule has 0 unspecified atom stereocenters. The lowest BCUT2D eigenvalue weighted by Gasteiger charge is -1.95. The molecule has 0 aliphatic heterocycles. The van der Waals surface area contributed by atoms with Crippen molar-refractivity contribution in [3.8, 4) is 0 Å². The molecule has 0 heterocycles. The molecule has 2 heteroatoms. The van der Waals surface area contributed by atoms with Gasteiger partial charge in [-0.1, -0.05) is 49.6 Å². The molecule has 1 nitrogen and oxygen atoms in total. The van der Waals surface area contributed by atoms with Gasteiger partial charge in [0.15, 0.2) is 5.78 Å². The predicted molar refractivity (Wildman–Crippen MR) is 69.6 cm³/mol. The zero-order valence-electron chi connectivity index (χ0n) is 9.58. The molecule has 0 fully saturated rings. The summed E-state index contributed by atoms with van der Waals surface area (Å²) in [6.45, 7) is 2.13. The summed E-state index contributed by atoms with van der Waals surface area (Å²) in [4.78, 5) is 11.4. The molecule has 0 N–H and O–H groups in total. The SMILES string of the molecule is CCCCCC(=O)/C=C/c1ccc(Cl)cc1. The minimum atomic E-state index is 0.198. The number of hydrogen-bond acceptors (Lipinski definition) is 1. The number of halogens is 1. The van der Waals surface area contributed by atoms with Gasteiger partial charge in [0.1, 0.15) is 0 Å². The molecule has 86 valence electrons. The van der Waals surface area contributed by atoms with Crippen molar-refractivity contribution in [3.63, 3.8) is 0 Å². The molecular formula is C14H17ClO. The molecule has 0 aliphatic carbocycles. The van der Waals surface area contributed by atoms with Crippen LogP contribution in [0.1, 0.15) is 38.2 Å². The van der Waals surface area contributed by atoms with Crippen LogP contribution in [0.2, 0.25) is 5.02 Å². The smallest absolute Gasteiger partial charge is 0.155 e. The topological polar surface area (TPSA) is 17.1 Å². The fraction of sp³-hybridized carbons (Fsp3) is 0.357. The van der Waals surface area contributed by atoms with Gasteiger partial charge in [0.2, 0.25) is 0 Å². The highest BCUT2D eigenvalue weighted by molar-refractivity contribution is 6.30. The van der Waals surface area contributed by atoms with Gasteiger partial charge in [-0.05, 0) is 30.2 Å². The molecule has 0 amide bonds. The van der Waals surface area contributed by atoms with Crippen molar-refractivity contribution >= 4 is 23.5 Å². The maximum atomic E-state index is 11.4. The van der Waals surface area contributed by atoms with Crippen molar-refractivity contribution < 1.29 is 4.79 Å². The van der Waals surface area contributed by atoms with E-state index >= 15 is 0 Å². The van der Waals surface area contributed by atoms with Crippen LogP contribution in [0.5, 0.6) is 0 Å². The third kappa shape index (κ3) is 5.13. The minimum absolute atomic E-state index is 0.198. The third-order valence-corrected chi connectivity index (χ3v) is 2.61. The predicted octanol–water partition coefficient (Wildman–Crippen LogP) is 4.50. The number of carbonyl (C=O) groups is 1. The van der Waals surface area contributed by atoms with Crippen LogP contribution < -0.4 is 0 Å². The Labute approximate surface area is 102 Å². The Balaban J connectivity index is 2.41. The normalized spacial score (nSPS) is 10.9. The van der Waals surface area contributed by atoms with Crippen LogP contribution >= 0.6 is 11.6 Å². The molecule has 1 aromatic carbocycles. The van der Waals surface area contributed by atoms with Crippen molar-refractivity contribution in [1.29, 1.82) is 0 Å². The summed E-state index contributed by atoms with van der Waals surface area (Å²) in [5, 5.41) is 0.714. The number of unbranched alkanes of at least 4 members (excludes halogenated alkanes) is 2. The second-order valence-electron chi connectivity index (χ2n) is 3.81. The van der Waals surface area contributed by atoms with Crippen LogP contribution in [0.15, 0.2) is 30.3 Å². The first-order chi connectivity index (χ1) is 7.72. The van der Waals surface area contributed by atoms with E-state index in [0.717, 1.165) is 24.8 Å². The largest absolute Gasteiger partial charge is 0.295 e. The van der Waals surface area contributed by atoms with Crippen LogP contribution in [0.3, 0.4) is 0 Å². The zero-order chi connectivity index (χ0) is 11.8. The highest BCUT2D eigenvalue weighted by Crippen LogP contribution is 2.11. The average Bonchev–Trinajstić information content (AvgIpc) is 2.29. The summed E-state index contributed by atoms with van der Waals surface area (Å²) in [7, 11) is 0. The molecule has 0 spiro atoms. The second-order valence-corrected chi connectivity index (χ2v) is 4.24. The summed E-state index contributed by atoms with van der Waals surface area (Å²) in [6.07, 6.45) is 7.40. The van der Waals surface area contributed by atoms with Crippen LogP contribution in [0.25, 0.3) is 6.08 Å². The van der Waals surface area contributed by atoms with Crippen LogP contribution in [0, 0.1) is 0 Å². The molecular weight excluding hydrogens is 220 g/mol. The minimum Gasteiger partial charge on any atom is -0.295 e. The standard InChI is InChI=1S/C14H17ClO/c1-2-3-4-5-14(16)11-8-12-6-9-13(15)10-7-12/h6-11H,2-5H2,1H3/b11-8+. The van der Waals surface area contributed by atoms with Gasteiger partial charge in [-0.15, -0.1) is 0 Å². The number of carbonyl (C=O) groups excluding carboxylic acids is 1. The van der Waals surface area contributed by atoms with E-state index in [-0.39, 0.29) is 5.78 Å². The van der Waals surface area contributed by atoms with E-state index in [9.17, 15) is 4.79 Å². The summed E-state index contributed by atoms with van der Waals surface area (Å²) in [6, 6.07) is 7.45. The molecule has 0 bridgehead atoms. The Kier molecular flexibility index (Phi) is 5.87. The van der Waals surface area contributed by atoms with Gasteiger partial charge in [-0.2, -0.15) is 0 Å². The van der Waals surface area contributed by atoms with Crippen molar-refractivity contribution in [2.45, 2.75) is 32.6 Å². The quantitative estimate of drug-likeness (QED) is 0.525. The van der Waals surface area contributed by atoms with Crippen LogP contribution in [-0.2, 0) is 4.79 Å². The molecule has 0 aromatic heterocycles. The summed E-state index contributed by atoms with van der Waals surface area (Å²) in [5.41, 5.74) is 1.01. The third-order valence-electron chi connectivity index (χ3n) is 2.36. The van der Waals surface area contributed by atoms with E-state index in [1.807, 2.05) is 30.3 Å². The summed E-state index contributed by atoms with van der Waals surface area (Å²) < 4.78 is 0. The van der Waals surface area contributed by atoms with Gasteiger partial charge in [0, 0.05) is 11.4 Å². The van der Waals surface area contributed by atoms with E-state index in [0.29, 0.717) is 11.4 Å².